The van der Waals surface area contributed by atoms with E-state index in [2.05, 4.69) is 54.6 Å². The van der Waals surface area contributed by atoms with Crippen LogP contribution in [0.3, 0.4) is 0 Å². The molecule has 0 spiro atoms. The van der Waals surface area contributed by atoms with Crippen LogP contribution >= 0.6 is 23.2 Å². The van der Waals surface area contributed by atoms with Crippen LogP contribution in [0.25, 0.3) is 5.57 Å². The van der Waals surface area contributed by atoms with Crippen molar-refractivity contribution >= 4 is 28.8 Å². The molecule has 1 aliphatic carbocycles. The van der Waals surface area contributed by atoms with Crippen molar-refractivity contribution in [2.24, 2.45) is 5.92 Å². The average molecular weight is 555 g/mol. The number of allylic oxidation sites excluding steroid dienone is 1. The molecule has 3 atom stereocenters. The Hall–Kier alpha value is -3.86. The second kappa shape index (κ2) is 9.71. The topological polar surface area (TPSA) is 36.9 Å². The maximum atomic E-state index is 6.64. The van der Waals surface area contributed by atoms with E-state index in [1.165, 1.54) is 11.1 Å². The van der Waals surface area contributed by atoms with E-state index in [9.17, 15) is 0 Å². The number of fused-ring (bicyclic) bond motifs is 3. The van der Waals surface area contributed by atoms with Gasteiger partial charge in [0.05, 0.1) is 7.11 Å². The van der Waals surface area contributed by atoms with Crippen LogP contribution in [-0.4, -0.2) is 20.0 Å². The standard InChI is InChI=1S/C33H24Cl2O4/c1-36-24-12-6-21(7-13-24)32-26-16-29-30(38-18-37-29)17-28(26)39-27-15-14-25(33(27)32)31(19-2-8-22(34)9-3-19)20-4-10-23(35)11-5-20/h2-17,27,32-33H,18H2,1H3/t27-,32+,33+/m0/s1. The summed E-state index contributed by atoms with van der Waals surface area (Å²) >= 11 is 12.6. The van der Waals surface area contributed by atoms with Crippen molar-refractivity contribution in [1.82, 2.24) is 0 Å². The SMILES string of the molecule is COc1ccc([C@@H]2c3cc4c(cc3O[C@H]3C=CC(=C(c5ccc(Cl)cc5)c5ccc(Cl)cc5)[C@@H]23)OCO4)cc1. The Morgan fingerprint density at radius 3 is 2.00 bits per heavy atom. The summed E-state index contributed by atoms with van der Waals surface area (Å²) in [5, 5.41) is 1.39. The summed E-state index contributed by atoms with van der Waals surface area (Å²) in [5.41, 5.74) is 6.70. The van der Waals surface area contributed by atoms with E-state index in [1.54, 1.807) is 7.11 Å². The molecule has 194 valence electrons. The van der Waals surface area contributed by atoms with Crippen LogP contribution in [0.1, 0.15) is 28.2 Å². The van der Waals surface area contributed by atoms with Crippen LogP contribution in [0.4, 0.5) is 0 Å². The van der Waals surface area contributed by atoms with Crippen LogP contribution in [0.2, 0.25) is 10.0 Å². The highest BCUT2D eigenvalue weighted by Crippen LogP contribution is 2.54. The number of hydrogen-bond acceptors (Lipinski definition) is 4. The predicted molar refractivity (Wildman–Crippen MR) is 153 cm³/mol. The first-order chi connectivity index (χ1) is 19.1. The lowest BCUT2D eigenvalue weighted by molar-refractivity contribution is 0.169. The van der Waals surface area contributed by atoms with Crippen LogP contribution < -0.4 is 18.9 Å². The molecule has 0 unspecified atom stereocenters. The summed E-state index contributed by atoms with van der Waals surface area (Å²) in [4.78, 5) is 0. The van der Waals surface area contributed by atoms with Crippen molar-refractivity contribution in [3.63, 3.8) is 0 Å². The van der Waals surface area contributed by atoms with Crippen LogP contribution in [0.15, 0.2) is 103 Å². The largest absolute Gasteiger partial charge is 0.497 e. The number of rotatable bonds is 4. The van der Waals surface area contributed by atoms with Crippen molar-refractivity contribution < 1.29 is 18.9 Å². The van der Waals surface area contributed by atoms with E-state index < -0.39 is 0 Å². The molecule has 6 heteroatoms. The minimum Gasteiger partial charge on any atom is -0.497 e. The van der Waals surface area contributed by atoms with Crippen molar-refractivity contribution in [3.8, 4) is 23.0 Å². The summed E-state index contributed by atoms with van der Waals surface area (Å²) in [7, 11) is 1.68. The molecule has 4 aromatic rings. The molecule has 0 bridgehead atoms. The van der Waals surface area contributed by atoms with Crippen LogP contribution in [-0.2, 0) is 0 Å². The van der Waals surface area contributed by atoms with Gasteiger partial charge in [-0.3, -0.25) is 0 Å². The van der Waals surface area contributed by atoms with Gasteiger partial charge in [-0.25, -0.2) is 0 Å². The lowest BCUT2D eigenvalue weighted by Gasteiger charge is -2.38. The lowest BCUT2D eigenvalue weighted by Crippen LogP contribution is -2.34. The van der Waals surface area contributed by atoms with Gasteiger partial charge >= 0.3 is 0 Å². The molecule has 0 radical (unpaired) electrons. The Kier molecular flexibility index (Phi) is 6.03. The second-order valence-corrected chi connectivity index (χ2v) is 10.7. The molecular weight excluding hydrogens is 531 g/mol. The Bertz CT molecular complexity index is 1560. The Labute approximate surface area is 237 Å². The van der Waals surface area contributed by atoms with Crippen molar-refractivity contribution in [2.75, 3.05) is 13.9 Å². The van der Waals surface area contributed by atoms with E-state index in [0.717, 1.165) is 39.5 Å². The average Bonchev–Trinajstić information content (AvgIpc) is 3.59. The first-order valence-corrected chi connectivity index (χ1v) is 13.5. The monoisotopic (exact) mass is 554 g/mol. The molecule has 0 saturated carbocycles. The molecule has 3 aliphatic rings. The Morgan fingerprint density at radius 2 is 1.38 bits per heavy atom. The minimum atomic E-state index is -0.158. The normalized spacial score (nSPS) is 20.3. The highest BCUT2D eigenvalue weighted by Gasteiger charge is 2.44. The smallest absolute Gasteiger partial charge is 0.231 e. The molecule has 2 aliphatic heterocycles. The van der Waals surface area contributed by atoms with Gasteiger partial charge in [0, 0.05) is 33.5 Å². The highest BCUT2D eigenvalue weighted by atomic mass is 35.5. The van der Waals surface area contributed by atoms with Crippen LogP contribution in [0.5, 0.6) is 23.0 Å². The zero-order chi connectivity index (χ0) is 26.5. The predicted octanol–water partition coefficient (Wildman–Crippen LogP) is 8.31. The maximum Gasteiger partial charge on any atom is 0.231 e. The Morgan fingerprint density at radius 1 is 0.769 bits per heavy atom. The minimum absolute atomic E-state index is 0.00115. The zero-order valence-electron chi connectivity index (χ0n) is 21.1. The second-order valence-electron chi connectivity index (χ2n) is 9.81. The molecule has 0 N–H and O–H groups in total. The van der Waals surface area contributed by atoms with Gasteiger partial charge in [-0.1, -0.05) is 65.7 Å². The molecule has 0 aromatic heterocycles. The lowest BCUT2D eigenvalue weighted by atomic mass is 9.72. The fraction of sp³-hybridized carbons (Fsp3) is 0.152. The van der Waals surface area contributed by atoms with Crippen molar-refractivity contribution in [1.29, 1.82) is 0 Å². The fourth-order valence-corrected chi connectivity index (χ4v) is 6.15. The summed E-state index contributed by atoms with van der Waals surface area (Å²) in [6.45, 7) is 0.209. The molecule has 0 amide bonds. The van der Waals surface area contributed by atoms with Gasteiger partial charge in [-0.2, -0.15) is 0 Å². The molecule has 0 fully saturated rings. The molecule has 39 heavy (non-hydrogen) atoms. The van der Waals surface area contributed by atoms with E-state index in [-0.39, 0.29) is 24.7 Å². The van der Waals surface area contributed by atoms with Crippen LogP contribution in [0, 0.1) is 5.92 Å². The molecule has 2 heterocycles. The number of hydrogen-bond donors (Lipinski definition) is 0. The summed E-state index contributed by atoms with van der Waals surface area (Å²) < 4.78 is 23.6. The van der Waals surface area contributed by atoms with E-state index in [0.29, 0.717) is 15.8 Å². The van der Waals surface area contributed by atoms with Gasteiger partial charge in [0.1, 0.15) is 17.6 Å². The van der Waals surface area contributed by atoms with Gasteiger partial charge < -0.3 is 18.9 Å². The van der Waals surface area contributed by atoms with Gasteiger partial charge in [-0.05, 0) is 76.4 Å². The fourth-order valence-electron chi connectivity index (χ4n) is 5.89. The van der Waals surface area contributed by atoms with Gasteiger partial charge in [0.2, 0.25) is 6.79 Å². The molecule has 4 aromatic carbocycles. The van der Waals surface area contributed by atoms with Crippen molar-refractivity contribution in [2.45, 2.75) is 12.0 Å². The summed E-state index contributed by atoms with van der Waals surface area (Å²) in [6, 6.07) is 28.3. The molecular formula is C33H24Cl2O4. The van der Waals surface area contributed by atoms with E-state index >= 15 is 0 Å². The molecule has 4 nitrogen and oxygen atoms in total. The Balaban J connectivity index is 1.46. The first-order valence-electron chi connectivity index (χ1n) is 12.8. The number of halogens is 2. The number of benzene rings is 4. The highest BCUT2D eigenvalue weighted by molar-refractivity contribution is 6.31. The zero-order valence-corrected chi connectivity index (χ0v) is 22.6. The van der Waals surface area contributed by atoms with Gasteiger partial charge in [0.25, 0.3) is 0 Å². The third-order valence-electron chi connectivity index (χ3n) is 7.67. The number of methoxy groups -OCH3 is 1. The summed E-state index contributed by atoms with van der Waals surface area (Å²) in [5.74, 6) is 3.08. The third-order valence-corrected chi connectivity index (χ3v) is 8.17. The molecule has 7 rings (SSSR count). The first kappa shape index (κ1) is 24.2. The number of ether oxygens (including phenoxy) is 4. The van der Waals surface area contributed by atoms with Crippen molar-refractivity contribution in [3.05, 3.63) is 135 Å². The quantitative estimate of drug-likeness (QED) is 0.254. The van der Waals surface area contributed by atoms with E-state index in [4.69, 9.17) is 42.1 Å². The maximum absolute atomic E-state index is 6.64. The molecule has 0 saturated heterocycles. The summed E-state index contributed by atoms with van der Waals surface area (Å²) in [6.07, 6.45) is 4.21. The van der Waals surface area contributed by atoms with E-state index in [1.807, 2.05) is 42.5 Å². The third kappa shape index (κ3) is 4.25. The van der Waals surface area contributed by atoms with Gasteiger partial charge in [0.15, 0.2) is 11.5 Å². The van der Waals surface area contributed by atoms with Gasteiger partial charge in [-0.15, -0.1) is 0 Å².